The molecule has 0 heterocycles. The number of hydrogen-bond donors (Lipinski definition) is 0. The average Bonchev–Trinajstić information content (AvgIpc) is 2.64. The molecule has 0 N–H and O–H groups in total. The second-order valence-electron chi connectivity index (χ2n) is 3.53. The van der Waals surface area contributed by atoms with Gasteiger partial charge in [-0.05, 0) is 39.9 Å². The minimum atomic E-state index is 0.101. The predicted molar refractivity (Wildman–Crippen MR) is 40.9 cm³/mol. The summed E-state index contributed by atoms with van der Waals surface area (Å²) in [4.78, 5) is 12.6. The summed E-state index contributed by atoms with van der Waals surface area (Å²) in [5.74, 6) is 0. The number of carbonyl (C=O) groups excluding carboxylic acids is 1. The molecule has 0 aromatic heterocycles. The van der Waals surface area contributed by atoms with Crippen molar-refractivity contribution in [2.45, 2.75) is 19.3 Å². The molecule has 0 aromatic carbocycles. The zero-order valence-electron chi connectivity index (χ0n) is 6.76. The molecule has 0 atom stereocenters. The van der Waals surface area contributed by atoms with E-state index in [0.29, 0.717) is 0 Å². The SMILES string of the molecule is CN(C)CCC1(C=O)CC1. The van der Waals surface area contributed by atoms with Gasteiger partial charge < -0.3 is 9.69 Å². The van der Waals surface area contributed by atoms with Crippen molar-refractivity contribution in [2.24, 2.45) is 5.41 Å². The minimum absolute atomic E-state index is 0.101. The average molecular weight is 141 g/mol. The molecule has 10 heavy (non-hydrogen) atoms. The van der Waals surface area contributed by atoms with Crippen LogP contribution in [-0.2, 0) is 4.79 Å². The van der Waals surface area contributed by atoms with Crippen molar-refractivity contribution >= 4 is 6.29 Å². The third kappa shape index (κ3) is 1.81. The summed E-state index contributed by atoms with van der Waals surface area (Å²) < 4.78 is 0. The maximum Gasteiger partial charge on any atom is 0.126 e. The Balaban J connectivity index is 2.19. The fourth-order valence-corrected chi connectivity index (χ4v) is 1.03. The molecule has 0 bridgehead atoms. The first-order valence-corrected chi connectivity index (χ1v) is 3.80. The van der Waals surface area contributed by atoms with Crippen molar-refractivity contribution in [1.29, 1.82) is 0 Å². The Morgan fingerprint density at radius 3 is 2.40 bits per heavy atom. The van der Waals surface area contributed by atoms with Crippen LogP contribution in [0.25, 0.3) is 0 Å². The highest BCUT2D eigenvalue weighted by atomic mass is 16.1. The summed E-state index contributed by atoms with van der Waals surface area (Å²) in [7, 11) is 4.09. The molecule has 1 aliphatic rings. The maximum absolute atomic E-state index is 10.5. The van der Waals surface area contributed by atoms with E-state index in [4.69, 9.17) is 0 Å². The Hall–Kier alpha value is -0.370. The first-order valence-electron chi connectivity index (χ1n) is 3.80. The van der Waals surface area contributed by atoms with Crippen LogP contribution in [0.1, 0.15) is 19.3 Å². The van der Waals surface area contributed by atoms with Gasteiger partial charge in [-0.3, -0.25) is 0 Å². The summed E-state index contributed by atoms with van der Waals surface area (Å²) in [6.45, 7) is 1.04. The van der Waals surface area contributed by atoms with E-state index in [1.165, 1.54) is 0 Å². The first kappa shape index (κ1) is 7.73. The zero-order valence-corrected chi connectivity index (χ0v) is 6.76. The summed E-state index contributed by atoms with van der Waals surface area (Å²) in [5, 5.41) is 0. The molecule has 1 aliphatic carbocycles. The fourth-order valence-electron chi connectivity index (χ4n) is 1.03. The number of hydrogen-bond acceptors (Lipinski definition) is 2. The maximum atomic E-state index is 10.5. The predicted octanol–water partition coefficient (Wildman–Crippen LogP) is 0.917. The Bertz CT molecular complexity index is 127. The Kier molecular flexibility index (Phi) is 2.09. The normalized spacial score (nSPS) is 21.1. The number of carbonyl (C=O) groups is 1. The van der Waals surface area contributed by atoms with E-state index in [0.717, 1.165) is 32.1 Å². The fraction of sp³-hybridized carbons (Fsp3) is 0.875. The highest BCUT2D eigenvalue weighted by Gasteiger charge is 2.41. The number of aldehydes is 1. The van der Waals surface area contributed by atoms with Gasteiger partial charge in [-0.15, -0.1) is 0 Å². The molecule has 1 saturated carbocycles. The lowest BCUT2D eigenvalue weighted by atomic mass is 10.1. The molecule has 58 valence electrons. The van der Waals surface area contributed by atoms with Crippen LogP contribution in [0.2, 0.25) is 0 Å². The van der Waals surface area contributed by atoms with Crippen LogP contribution in [0, 0.1) is 5.41 Å². The molecule has 1 rings (SSSR count). The summed E-state index contributed by atoms with van der Waals surface area (Å²) in [6.07, 6.45) is 4.41. The molecule has 0 radical (unpaired) electrons. The smallest absolute Gasteiger partial charge is 0.126 e. The van der Waals surface area contributed by atoms with Crippen LogP contribution in [0.5, 0.6) is 0 Å². The van der Waals surface area contributed by atoms with Crippen molar-refractivity contribution in [1.82, 2.24) is 4.90 Å². The second kappa shape index (κ2) is 2.70. The van der Waals surface area contributed by atoms with Crippen LogP contribution >= 0.6 is 0 Å². The lowest BCUT2D eigenvalue weighted by Gasteiger charge is -2.11. The van der Waals surface area contributed by atoms with Crippen molar-refractivity contribution in [2.75, 3.05) is 20.6 Å². The van der Waals surface area contributed by atoms with E-state index in [1.54, 1.807) is 0 Å². The third-order valence-electron chi connectivity index (χ3n) is 2.20. The van der Waals surface area contributed by atoms with E-state index in [1.807, 2.05) is 14.1 Å². The highest BCUT2D eigenvalue weighted by molar-refractivity contribution is 5.63. The van der Waals surface area contributed by atoms with Gasteiger partial charge in [-0.2, -0.15) is 0 Å². The van der Waals surface area contributed by atoms with Gasteiger partial charge in [0.2, 0.25) is 0 Å². The summed E-state index contributed by atoms with van der Waals surface area (Å²) >= 11 is 0. The number of nitrogens with zero attached hydrogens (tertiary/aromatic N) is 1. The lowest BCUT2D eigenvalue weighted by molar-refractivity contribution is -0.112. The standard InChI is InChI=1S/C8H15NO/c1-9(2)6-5-8(7-10)3-4-8/h7H,3-6H2,1-2H3. The Morgan fingerprint density at radius 1 is 1.50 bits per heavy atom. The van der Waals surface area contributed by atoms with Gasteiger partial charge in [0.05, 0.1) is 0 Å². The van der Waals surface area contributed by atoms with Crippen LogP contribution in [0.15, 0.2) is 0 Å². The topological polar surface area (TPSA) is 20.3 Å². The number of rotatable bonds is 4. The quantitative estimate of drug-likeness (QED) is 0.542. The molecule has 0 amide bonds. The van der Waals surface area contributed by atoms with E-state index < -0.39 is 0 Å². The van der Waals surface area contributed by atoms with Gasteiger partial charge in [-0.1, -0.05) is 0 Å². The van der Waals surface area contributed by atoms with Crippen LogP contribution in [-0.4, -0.2) is 31.8 Å². The Labute approximate surface area is 62.2 Å². The van der Waals surface area contributed by atoms with E-state index >= 15 is 0 Å². The molecular weight excluding hydrogens is 126 g/mol. The van der Waals surface area contributed by atoms with Crippen molar-refractivity contribution in [3.8, 4) is 0 Å². The molecular formula is C8H15NO. The summed E-state index contributed by atoms with van der Waals surface area (Å²) in [6, 6.07) is 0. The molecule has 2 nitrogen and oxygen atoms in total. The minimum Gasteiger partial charge on any atom is -0.309 e. The van der Waals surface area contributed by atoms with Gasteiger partial charge in [0.25, 0.3) is 0 Å². The van der Waals surface area contributed by atoms with Crippen LogP contribution in [0.4, 0.5) is 0 Å². The summed E-state index contributed by atoms with van der Waals surface area (Å²) in [5.41, 5.74) is 0.101. The molecule has 0 saturated heterocycles. The van der Waals surface area contributed by atoms with Crippen molar-refractivity contribution in [3.63, 3.8) is 0 Å². The van der Waals surface area contributed by atoms with Gasteiger partial charge in [0.1, 0.15) is 6.29 Å². The molecule has 0 unspecified atom stereocenters. The van der Waals surface area contributed by atoms with Gasteiger partial charge in [0, 0.05) is 5.41 Å². The van der Waals surface area contributed by atoms with Gasteiger partial charge in [-0.25, -0.2) is 0 Å². The third-order valence-corrected chi connectivity index (χ3v) is 2.20. The zero-order chi connectivity index (χ0) is 7.61. The van der Waals surface area contributed by atoms with Crippen molar-refractivity contribution < 1.29 is 4.79 Å². The monoisotopic (exact) mass is 141 g/mol. The van der Waals surface area contributed by atoms with Crippen LogP contribution in [0.3, 0.4) is 0 Å². The largest absolute Gasteiger partial charge is 0.309 e. The van der Waals surface area contributed by atoms with E-state index in [9.17, 15) is 4.79 Å². The molecule has 0 spiro atoms. The Morgan fingerprint density at radius 2 is 2.10 bits per heavy atom. The molecule has 0 aliphatic heterocycles. The molecule has 0 aromatic rings. The van der Waals surface area contributed by atoms with E-state index in [-0.39, 0.29) is 5.41 Å². The van der Waals surface area contributed by atoms with Crippen LogP contribution < -0.4 is 0 Å². The van der Waals surface area contributed by atoms with Gasteiger partial charge >= 0.3 is 0 Å². The first-order chi connectivity index (χ1) is 4.68. The lowest BCUT2D eigenvalue weighted by Crippen LogP contribution is -2.17. The van der Waals surface area contributed by atoms with E-state index in [2.05, 4.69) is 4.90 Å². The molecule has 1 fully saturated rings. The van der Waals surface area contributed by atoms with Gasteiger partial charge in [0.15, 0.2) is 0 Å². The highest BCUT2D eigenvalue weighted by Crippen LogP contribution is 2.46. The second-order valence-corrected chi connectivity index (χ2v) is 3.53. The van der Waals surface area contributed by atoms with Crippen molar-refractivity contribution in [3.05, 3.63) is 0 Å². The molecule has 2 heteroatoms.